The van der Waals surface area contributed by atoms with Gasteiger partial charge < -0.3 is 4.90 Å². The molecule has 0 saturated carbocycles. The van der Waals surface area contributed by atoms with Crippen LogP contribution in [-0.2, 0) is 6.54 Å². The van der Waals surface area contributed by atoms with Crippen LogP contribution in [0.4, 0.5) is 4.39 Å². The summed E-state index contributed by atoms with van der Waals surface area (Å²) in [7, 11) is 2.07. The summed E-state index contributed by atoms with van der Waals surface area (Å²) in [6.45, 7) is 5.99. The van der Waals surface area contributed by atoms with Gasteiger partial charge in [-0.3, -0.25) is 0 Å². The number of hydrogen-bond donors (Lipinski definition) is 0. The molecule has 0 N–H and O–H groups in total. The van der Waals surface area contributed by atoms with Gasteiger partial charge in [0.2, 0.25) is 0 Å². The van der Waals surface area contributed by atoms with Crippen LogP contribution in [0, 0.1) is 12.7 Å². The average molecular weight is 288 g/mol. The van der Waals surface area contributed by atoms with Crippen LogP contribution in [0.15, 0.2) is 18.2 Å². The largest absolute Gasteiger partial charge is 0.302 e. The van der Waals surface area contributed by atoms with E-state index in [-0.39, 0.29) is 5.82 Å². The quantitative estimate of drug-likeness (QED) is 0.746. The molecule has 0 radical (unpaired) electrons. The Labute approximate surface area is 106 Å². The fraction of sp³-hybridized carbons (Fsp3) is 0.538. The van der Waals surface area contributed by atoms with Crippen LogP contribution >= 0.6 is 15.9 Å². The van der Waals surface area contributed by atoms with E-state index in [1.807, 2.05) is 13.0 Å². The molecule has 0 saturated heterocycles. The van der Waals surface area contributed by atoms with E-state index in [1.54, 1.807) is 6.07 Å². The molecular weight excluding hydrogens is 269 g/mol. The van der Waals surface area contributed by atoms with Gasteiger partial charge in [0.1, 0.15) is 5.82 Å². The highest BCUT2D eigenvalue weighted by atomic mass is 79.9. The monoisotopic (exact) mass is 287 g/mol. The predicted octanol–water partition coefficient (Wildman–Crippen LogP) is 3.74. The zero-order valence-corrected chi connectivity index (χ0v) is 11.7. The molecule has 0 heterocycles. The van der Waals surface area contributed by atoms with E-state index in [9.17, 15) is 4.39 Å². The maximum absolute atomic E-state index is 13.1. The van der Waals surface area contributed by atoms with E-state index in [0.29, 0.717) is 4.83 Å². The first-order valence-electron chi connectivity index (χ1n) is 5.56. The van der Waals surface area contributed by atoms with Gasteiger partial charge in [-0.1, -0.05) is 28.9 Å². The van der Waals surface area contributed by atoms with Crippen molar-refractivity contribution >= 4 is 15.9 Å². The number of nitrogens with zero attached hydrogens (tertiary/aromatic N) is 1. The van der Waals surface area contributed by atoms with Crippen molar-refractivity contribution in [3.05, 3.63) is 35.1 Å². The molecule has 0 spiro atoms. The van der Waals surface area contributed by atoms with Gasteiger partial charge in [-0.05, 0) is 50.2 Å². The molecule has 0 aromatic heterocycles. The number of hydrogen-bond acceptors (Lipinski definition) is 1. The average Bonchev–Trinajstić information content (AvgIpc) is 2.20. The Balaban J connectivity index is 2.55. The number of aryl methyl sites for hydroxylation is 1. The van der Waals surface area contributed by atoms with Gasteiger partial charge in [0.25, 0.3) is 0 Å². The minimum absolute atomic E-state index is 0.150. The lowest BCUT2D eigenvalue weighted by molar-refractivity contribution is 0.321. The minimum atomic E-state index is -0.150. The normalized spacial score (nSPS) is 13.1. The van der Waals surface area contributed by atoms with Crippen LogP contribution < -0.4 is 0 Å². The van der Waals surface area contributed by atoms with Crippen LogP contribution in [0.2, 0.25) is 0 Å². The number of alkyl halides is 1. The summed E-state index contributed by atoms with van der Waals surface area (Å²) in [6, 6.07) is 4.98. The molecule has 0 aliphatic carbocycles. The van der Waals surface area contributed by atoms with Crippen LogP contribution in [0.1, 0.15) is 24.5 Å². The van der Waals surface area contributed by atoms with Gasteiger partial charge in [-0.2, -0.15) is 0 Å². The first-order chi connectivity index (χ1) is 7.49. The fourth-order valence-electron chi connectivity index (χ4n) is 1.58. The number of rotatable bonds is 5. The van der Waals surface area contributed by atoms with E-state index in [4.69, 9.17) is 0 Å². The van der Waals surface area contributed by atoms with Crippen molar-refractivity contribution in [2.24, 2.45) is 0 Å². The van der Waals surface area contributed by atoms with E-state index in [1.165, 1.54) is 6.07 Å². The molecule has 1 rings (SSSR count). The topological polar surface area (TPSA) is 3.24 Å². The molecule has 16 heavy (non-hydrogen) atoms. The number of benzene rings is 1. The van der Waals surface area contributed by atoms with E-state index in [2.05, 4.69) is 34.8 Å². The first kappa shape index (κ1) is 13.7. The van der Waals surface area contributed by atoms with Gasteiger partial charge in [-0.15, -0.1) is 0 Å². The third kappa shape index (κ3) is 4.62. The summed E-state index contributed by atoms with van der Waals surface area (Å²) >= 11 is 3.53. The molecule has 0 bridgehead atoms. The van der Waals surface area contributed by atoms with E-state index >= 15 is 0 Å². The van der Waals surface area contributed by atoms with Crippen LogP contribution in [0.25, 0.3) is 0 Å². The van der Waals surface area contributed by atoms with Crippen molar-refractivity contribution in [3.8, 4) is 0 Å². The molecule has 90 valence electrons. The SMILES string of the molecule is Cc1ccc(F)cc1CN(C)CCC(C)Br. The second kappa shape index (κ2) is 6.36. The van der Waals surface area contributed by atoms with Crippen LogP contribution in [-0.4, -0.2) is 23.3 Å². The summed E-state index contributed by atoms with van der Waals surface area (Å²) in [6.07, 6.45) is 1.10. The van der Waals surface area contributed by atoms with E-state index in [0.717, 1.165) is 30.6 Å². The van der Waals surface area contributed by atoms with E-state index < -0.39 is 0 Å². The first-order valence-corrected chi connectivity index (χ1v) is 6.48. The third-order valence-electron chi connectivity index (χ3n) is 2.66. The molecule has 1 aromatic rings. The Morgan fingerprint density at radius 3 is 2.75 bits per heavy atom. The standard InChI is InChI=1S/C13H19BrFN/c1-10-4-5-13(15)8-12(10)9-16(3)7-6-11(2)14/h4-5,8,11H,6-7,9H2,1-3H3. The summed E-state index contributed by atoms with van der Waals surface area (Å²) in [5.41, 5.74) is 2.23. The molecule has 0 amide bonds. The lowest BCUT2D eigenvalue weighted by Gasteiger charge is -2.18. The van der Waals surface area contributed by atoms with Gasteiger partial charge in [0.15, 0.2) is 0 Å². The third-order valence-corrected chi connectivity index (χ3v) is 3.12. The van der Waals surface area contributed by atoms with Gasteiger partial charge in [-0.25, -0.2) is 4.39 Å². The fourth-order valence-corrected chi connectivity index (χ4v) is 1.78. The Bertz CT molecular complexity index is 339. The zero-order valence-electron chi connectivity index (χ0n) is 10.1. The lowest BCUT2D eigenvalue weighted by atomic mass is 10.1. The van der Waals surface area contributed by atoms with Crippen molar-refractivity contribution in [1.82, 2.24) is 4.90 Å². The second-order valence-electron chi connectivity index (χ2n) is 4.38. The summed E-state index contributed by atoms with van der Waals surface area (Å²) in [4.78, 5) is 2.75. The Hall–Kier alpha value is -0.410. The summed E-state index contributed by atoms with van der Waals surface area (Å²) in [5.74, 6) is -0.150. The van der Waals surface area contributed by atoms with Gasteiger partial charge in [0.05, 0.1) is 0 Å². The maximum Gasteiger partial charge on any atom is 0.123 e. The Morgan fingerprint density at radius 2 is 2.12 bits per heavy atom. The summed E-state index contributed by atoms with van der Waals surface area (Å²) in [5, 5.41) is 0. The molecule has 0 aliphatic heterocycles. The molecule has 1 aromatic carbocycles. The molecule has 0 fully saturated rings. The highest BCUT2D eigenvalue weighted by molar-refractivity contribution is 9.09. The van der Waals surface area contributed by atoms with Gasteiger partial charge >= 0.3 is 0 Å². The van der Waals surface area contributed by atoms with Crippen molar-refractivity contribution < 1.29 is 4.39 Å². The Morgan fingerprint density at radius 1 is 1.44 bits per heavy atom. The molecule has 0 aliphatic rings. The molecule has 1 unspecified atom stereocenters. The van der Waals surface area contributed by atoms with Gasteiger partial charge in [0, 0.05) is 11.4 Å². The maximum atomic E-state index is 13.1. The second-order valence-corrected chi connectivity index (χ2v) is 5.94. The number of halogens is 2. The Kier molecular flexibility index (Phi) is 5.42. The molecule has 1 atom stereocenters. The highest BCUT2D eigenvalue weighted by Crippen LogP contribution is 2.13. The predicted molar refractivity (Wildman–Crippen MR) is 70.5 cm³/mol. The smallest absolute Gasteiger partial charge is 0.123 e. The molecule has 1 nitrogen and oxygen atoms in total. The minimum Gasteiger partial charge on any atom is -0.302 e. The van der Waals surface area contributed by atoms with Crippen molar-refractivity contribution in [2.75, 3.05) is 13.6 Å². The van der Waals surface area contributed by atoms with Crippen molar-refractivity contribution in [3.63, 3.8) is 0 Å². The molecule has 3 heteroatoms. The lowest BCUT2D eigenvalue weighted by Crippen LogP contribution is -2.21. The summed E-state index contributed by atoms with van der Waals surface area (Å²) < 4.78 is 13.1. The highest BCUT2D eigenvalue weighted by Gasteiger charge is 2.05. The van der Waals surface area contributed by atoms with Crippen molar-refractivity contribution in [2.45, 2.75) is 31.6 Å². The zero-order chi connectivity index (χ0) is 12.1. The van der Waals surface area contributed by atoms with Crippen molar-refractivity contribution in [1.29, 1.82) is 0 Å². The molecular formula is C13H19BrFN. The van der Waals surface area contributed by atoms with Crippen LogP contribution in [0.5, 0.6) is 0 Å². The van der Waals surface area contributed by atoms with Crippen LogP contribution in [0.3, 0.4) is 0 Å².